The highest BCUT2D eigenvalue weighted by Crippen LogP contribution is 2.48. The molecular formula is C48H44BrN3. The second-order valence-corrected chi connectivity index (χ2v) is 14.5. The van der Waals surface area contributed by atoms with Crippen LogP contribution in [0.1, 0.15) is 50.7 Å². The molecule has 0 saturated carbocycles. The van der Waals surface area contributed by atoms with Crippen LogP contribution in [0.3, 0.4) is 0 Å². The molecular weight excluding hydrogens is 698 g/mol. The maximum Gasteiger partial charge on any atom is 0.0503 e. The van der Waals surface area contributed by atoms with E-state index in [0.717, 1.165) is 44.3 Å². The Morgan fingerprint density at radius 3 is 1.08 bits per heavy atom. The van der Waals surface area contributed by atoms with Crippen molar-refractivity contribution in [2.45, 2.75) is 39.5 Å². The molecule has 0 spiro atoms. The van der Waals surface area contributed by atoms with Crippen LogP contribution in [0.4, 0.5) is 51.2 Å². The molecule has 0 aromatic heterocycles. The van der Waals surface area contributed by atoms with Crippen molar-refractivity contribution >= 4 is 67.1 Å². The van der Waals surface area contributed by atoms with Gasteiger partial charge in [-0.05, 0) is 108 Å². The van der Waals surface area contributed by atoms with Gasteiger partial charge in [-0.25, -0.2) is 0 Å². The number of halogens is 1. The second kappa shape index (κ2) is 15.8. The zero-order valence-electron chi connectivity index (χ0n) is 30.2. The van der Waals surface area contributed by atoms with Crippen molar-refractivity contribution in [2.75, 3.05) is 14.7 Å². The van der Waals surface area contributed by atoms with E-state index in [1.54, 1.807) is 0 Å². The fourth-order valence-corrected chi connectivity index (χ4v) is 7.36. The molecule has 0 saturated heterocycles. The van der Waals surface area contributed by atoms with Crippen molar-refractivity contribution < 1.29 is 0 Å². The van der Waals surface area contributed by atoms with Crippen LogP contribution in [0.2, 0.25) is 0 Å². The minimum absolute atomic E-state index is 0.320. The minimum Gasteiger partial charge on any atom is -0.310 e. The standard InChI is InChI=1S/C48H44BrN3/c1-35(2)45-27-14-16-29-47(45)52(48-30-17-15-28-46(48)36(3)4)44-33-42(50(38-20-8-5-9-21-38)39-22-10-6-11-23-39)32-43(34-44)51(40-24-12-7-13-25-40)41-26-18-19-37(49)31-41/h5-36H,1-4H3. The van der Waals surface area contributed by atoms with Gasteiger partial charge < -0.3 is 14.7 Å². The molecule has 7 rings (SSSR count). The van der Waals surface area contributed by atoms with Crippen LogP contribution in [0, 0.1) is 0 Å². The zero-order valence-corrected chi connectivity index (χ0v) is 31.8. The SMILES string of the molecule is CC(C)c1ccccc1N(c1cc(N(c2ccccc2)c2ccccc2)cc(N(c2ccccc2)c2cccc(Br)c2)c1)c1ccccc1C(C)C. The van der Waals surface area contributed by atoms with Crippen LogP contribution >= 0.6 is 15.9 Å². The summed E-state index contributed by atoms with van der Waals surface area (Å²) in [5.41, 5.74) is 12.4. The van der Waals surface area contributed by atoms with Crippen LogP contribution in [-0.2, 0) is 0 Å². The molecule has 0 heterocycles. The van der Waals surface area contributed by atoms with E-state index in [1.807, 2.05) is 0 Å². The van der Waals surface area contributed by atoms with Crippen molar-refractivity contribution in [3.63, 3.8) is 0 Å². The Morgan fingerprint density at radius 1 is 0.327 bits per heavy atom. The molecule has 0 aliphatic carbocycles. The molecule has 258 valence electrons. The quantitative estimate of drug-likeness (QED) is 0.131. The van der Waals surface area contributed by atoms with Gasteiger partial charge in [0.05, 0.1) is 17.1 Å². The van der Waals surface area contributed by atoms with Gasteiger partial charge in [0.1, 0.15) is 0 Å². The summed E-state index contributed by atoms with van der Waals surface area (Å²) in [6.45, 7) is 9.13. The molecule has 0 atom stereocenters. The number of benzene rings is 7. The topological polar surface area (TPSA) is 9.72 Å². The predicted octanol–water partition coefficient (Wildman–Crippen LogP) is 15.1. The third kappa shape index (κ3) is 7.39. The molecule has 0 N–H and O–H groups in total. The highest BCUT2D eigenvalue weighted by molar-refractivity contribution is 9.10. The molecule has 0 aliphatic rings. The van der Waals surface area contributed by atoms with Crippen LogP contribution in [0.5, 0.6) is 0 Å². The van der Waals surface area contributed by atoms with E-state index in [2.05, 4.69) is 240 Å². The highest BCUT2D eigenvalue weighted by atomic mass is 79.9. The molecule has 7 aromatic rings. The van der Waals surface area contributed by atoms with Gasteiger partial charge in [0.25, 0.3) is 0 Å². The van der Waals surface area contributed by atoms with E-state index in [9.17, 15) is 0 Å². The zero-order chi connectivity index (χ0) is 36.0. The predicted molar refractivity (Wildman–Crippen MR) is 226 cm³/mol. The summed E-state index contributed by atoms with van der Waals surface area (Å²) in [6, 6.07) is 65.2. The van der Waals surface area contributed by atoms with Gasteiger partial charge in [0.15, 0.2) is 0 Å². The number of nitrogens with zero attached hydrogens (tertiary/aromatic N) is 3. The Kier molecular flexibility index (Phi) is 10.6. The summed E-state index contributed by atoms with van der Waals surface area (Å²) in [4.78, 5) is 7.20. The Balaban J connectivity index is 1.59. The van der Waals surface area contributed by atoms with Crippen molar-refractivity contribution in [2.24, 2.45) is 0 Å². The van der Waals surface area contributed by atoms with Crippen LogP contribution in [0.15, 0.2) is 186 Å². The molecule has 3 nitrogen and oxygen atoms in total. The van der Waals surface area contributed by atoms with Gasteiger partial charge in [-0.15, -0.1) is 0 Å². The second-order valence-electron chi connectivity index (χ2n) is 13.6. The van der Waals surface area contributed by atoms with Gasteiger partial charge in [0.2, 0.25) is 0 Å². The Bertz CT molecular complexity index is 2140. The van der Waals surface area contributed by atoms with Gasteiger partial charge in [-0.1, -0.05) is 141 Å². The maximum atomic E-state index is 3.77. The third-order valence-electron chi connectivity index (χ3n) is 9.37. The Labute approximate surface area is 317 Å². The first kappa shape index (κ1) is 34.9. The Morgan fingerprint density at radius 2 is 0.673 bits per heavy atom. The van der Waals surface area contributed by atoms with Gasteiger partial charge in [0, 0.05) is 38.6 Å². The third-order valence-corrected chi connectivity index (χ3v) is 9.86. The van der Waals surface area contributed by atoms with Gasteiger partial charge in [-0.2, -0.15) is 0 Å². The molecule has 0 unspecified atom stereocenters. The summed E-state index contributed by atoms with van der Waals surface area (Å²) in [7, 11) is 0. The van der Waals surface area contributed by atoms with Crippen molar-refractivity contribution in [3.8, 4) is 0 Å². The van der Waals surface area contributed by atoms with E-state index >= 15 is 0 Å². The van der Waals surface area contributed by atoms with E-state index in [4.69, 9.17) is 0 Å². The van der Waals surface area contributed by atoms with Crippen molar-refractivity contribution in [1.82, 2.24) is 0 Å². The fourth-order valence-electron chi connectivity index (χ4n) is 6.97. The fraction of sp³-hybridized carbons (Fsp3) is 0.125. The monoisotopic (exact) mass is 741 g/mol. The van der Waals surface area contributed by atoms with Crippen LogP contribution in [-0.4, -0.2) is 0 Å². The number of hydrogen-bond donors (Lipinski definition) is 0. The smallest absolute Gasteiger partial charge is 0.0503 e. The maximum absolute atomic E-state index is 3.77. The summed E-state index contributed by atoms with van der Waals surface area (Å²) in [6.07, 6.45) is 0. The average Bonchev–Trinajstić information content (AvgIpc) is 3.17. The average molecular weight is 743 g/mol. The summed E-state index contributed by atoms with van der Waals surface area (Å²) < 4.78 is 1.02. The molecule has 52 heavy (non-hydrogen) atoms. The van der Waals surface area contributed by atoms with E-state index < -0.39 is 0 Å². The number of hydrogen-bond acceptors (Lipinski definition) is 3. The summed E-state index contributed by atoms with van der Waals surface area (Å²) >= 11 is 3.77. The Hall–Kier alpha value is -5.58. The van der Waals surface area contributed by atoms with Gasteiger partial charge >= 0.3 is 0 Å². The lowest BCUT2D eigenvalue weighted by molar-refractivity contribution is 0.854. The highest BCUT2D eigenvalue weighted by Gasteiger charge is 2.25. The van der Waals surface area contributed by atoms with Crippen LogP contribution in [0.25, 0.3) is 0 Å². The molecule has 7 aromatic carbocycles. The molecule has 0 aliphatic heterocycles. The first-order valence-electron chi connectivity index (χ1n) is 18.0. The first-order chi connectivity index (χ1) is 25.4. The first-order valence-corrected chi connectivity index (χ1v) is 18.8. The normalized spacial score (nSPS) is 11.1. The lowest BCUT2D eigenvalue weighted by Crippen LogP contribution is -2.18. The molecule has 0 radical (unpaired) electrons. The number of rotatable bonds is 11. The largest absolute Gasteiger partial charge is 0.310 e. The molecule has 0 amide bonds. The lowest BCUT2D eigenvalue weighted by Gasteiger charge is -2.35. The van der Waals surface area contributed by atoms with E-state index in [-0.39, 0.29) is 0 Å². The summed E-state index contributed by atoms with van der Waals surface area (Å²) in [5.74, 6) is 0.639. The number of para-hydroxylation sites is 5. The lowest BCUT2D eigenvalue weighted by atomic mass is 9.96. The minimum atomic E-state index is 0.320. The van der Waals surface area contributed by atoms with Crippen LogP contribution < -0.4 is 14.7 Å². The van der Waals surface area contributed by atoms with Crippen molar-refractivity contribution in [1.29, 1.82) is 0 Å². The van der Waals surface area contributed by atoms with Gasteiger partial charge in [-0.3, -0.25) is 0 Å². The number of anilines is 9. The van der Waals surface area contributed by atoms with Crippen molar-refractivity contribution in [3.05, 3.63) is 198 Å². The molecule has 0 fully saturated rings. The molecule has 4 heteroatoms. The summed E-state index contributed by atoms with van der Waals surface area (Å²) in [5, 5.41) is 0. The molecule has 0 bridgehead atoms. The van der Waals surface area contributed by atoms with E-state index in [1.165, 1.54) is 22.5 Å². The van der Waals surface area contributed by atoms with E-state index in [0.29, 0.717) is 11.8 Å².